The molecule has 1 aromatic heterocycles. The maximum absolute atomic E-state index is 13.0. The molecule has 1 fully saturated rings. The van der Waals surface area contributed by atoms with Crippen LogP contribution in [0.15, 0.2) is 60.8 Å². The molecule has 0 unspecified atom stereocenters. The van der Waals surface area contributed by atoms with Crippen molar-refractivity contribution < 1.29 is 14.3 Å². The average molecular weight is 377 g/mol. The number of hydrogen-bond donors (Lipinski definition) is 2. The van der Waals surface area contributed by atoms with Crippen molar-refractivity contribution in [2.75, 3.05) is 13.1 Å². The first-order valence-electron chi connectivity index (χ1n) is 9.58. The number of para-hydroxylation sites is 2. The number of fused-ring (bicyclic) bond motifs is 1. The summed E-state index contributed by atoms with van der Waals surface area (Å²) >= 11 is 0. The molecule has 6 heteroatoms. The van der Waals surface area contributed by atoms with Crippen LogP contribution >= 0.6 is 0 Å². The number of likely N-dealkylation sites (tertiary alicyclic amines) is 1. The summed E-state index contributed by atoms with van der Waals surface area (Å²) in [5.41, 5.74) is 2.00. The van der Waals surface area contributed by atoms with Gasteiger partial charge in [-0.15, -0.1) is 0 Å². The molecule has 2 N–H and O–H groups in total. The van der Waals surface area contributed by atoms with Crippen LogP contribution in [-0.2, 0) is 11.2 Å². The Kier molecular flexibility index (Phi) is 5.28. The van der Waals surface area contributed by atoms with Gasteiger partial charge in [-0.05, 0) is 36.6 Å². The van der Waals surface area contributed by atoms with Crippen molar-refractivity contribution in [2.45, 2.75) is 25.3 Å². The topological polar surface area (TPSA) is 74.4 Å². The minimum absolute atomic E-state index is 0.0622. The SMILES string of the molecule is O=C(N[C@H](Cc1c[nH]c2ccccc12)C(=O)N1CCCC1)Oc1ccccc1. The molecule has 1 aliphatic rings. The number of hydrogen-bond acceptors (Lipinski definition) is 3. The van der Waals surface area contributed by atoms with E-state index in [4.69, 9.17) is 4.74 Å². The van der Waals surface area contributed by atoms with Gasteiger partial charge in [0.15, 0.2) is 0 Å². The Bertz CT molecular complexity index is 961. The molecule has 28 heavy (non-hydrogen) atoms. The average Bonchev–Trinajstić information content (AvgIpc) is 3.38. The summed E-state index contributed by atoms with van der Waals surface area (Å²) in [5, 5.41) is 3.83. The summed E-state index contributed by atoms with van der Waals surface area (Å²) in [6, 6.07) is 16.1. The fraction of sp³-hybridized carbons (Fsp3) is 0.273. The summed E-state index contributed by atoms with van der Waals surface area (Å²) in [4.78, 5) is 30.5. The lowest BCUT2D eigenvalue weighted by Gasteiger charge is -2.23. The Labute approximate surface area is 163 Å². The zero-order valence-electron chi connectivity index (χ0n) is 15.6. The molecule has 4 rings (SSSR count). The van der Waals surface area contributed by atoms with Crippen molar-refractivity contribution in [3.05, 3.63) is 66.4 Å². The Balaban J connectivity index is 1.53. The minimum Gasteiger partial charge on any atom is -0.410 e. The Morgan fingerprint density at radius 3 is 2.54 bits per heavy atom. The van der Waals surface area contributed by atoms with E-state index in [2.05, 4.69) is 10.3 Å². The molecule has 3 aromatic rings. The van der Waals surface area contributed by atoms with Crippen LogP contribution in [-0.4, -0.2) is 41.0 Å². The number of amides is 2. The van der Waals surface area contributed by atoms with Crippen LogP contribution < -0.4 is 10.1 Å². The summed E-state index contributed by atoms with van der Waals surface area (Å²) in [5.74, 6) is 0.382. The summed E-state index contributed by atoms with van der Waals surface area (Å²) in [6.45, 7) is 1.47. The number of aromatic nitrogens is 1. The number of aromatic amines is 1. The molecule has 0 bridgehead atoms. The van der Waals surface area contributed by atoms with Crippen LogP contribution in [0.3, 0.4) is 0 Å². The van der Waals surface area contributed by atoms with Gasteiger partial charge in [0.2, 0.25) is 5.91 Å². The van der Waals surface area contributed by atoms with Crippen LogP contribution in [0.5, 0.6) is 5.75 Å². The van der Waals surface area contributed by atoms with Crippen LogP contribution in [0.4, 0.5) is 4.79 Å². The number of rotatable bonds is 5. The second-order valence-corrected chi connectivity index (χ2v) is 7.00. The Morgan fingerprint density at radius 1 is 1.04 bits per heavy atom. The van der Waals surface area contributed by atoms with E-state index in [0.717, 1.165) is 42.4 Å². The third-order valence-electron chi connectivity index (χ3n) is 5.06. The summed E-state index contributed by atoms with van der Waals surface area (Å²) in [7, 11) is 0. The highest BCUT2D eigenvalue weighted by atomic mass is 16.6. The van der Waals surface area contributed by atoms with Crippen LogP contribution in [0.1, 0.15) is 18.4 Å². The monoisotopic (exact) mass is 377 g/mol. The molecule has 1 atom stereocenters. The molecule has 2 amide bonds. The number of nitrogens with one attached hydrogen (secondary N) is 2. The molecule has 2 aromatic carbocycles. The van der Waals surface area contributed by atoms with Crippen LogP contribution in [0.2, 0.25) is 0 Å². The number of nitrogens with zero attached hydrogens (tertiary/aromatic N) is 1. The number of H-pyrrole nitrogens is 1. The fourth-order valence-corrected chi connectivity index (χ4v) is 3.65. The number of carbonyl (C=O) groups is 2. The quantitative estimate of drug-likeness (QED) is 0.715. The Hall–Kier alpha value is -3.28. The van der Waals surface area contributed by atoms with Gasteiger partial charge in [-0.25, -0.2) is 4.79 Å². The lowest BCUT2D eigenvalue weighted by Crippen LogP contribution is -2.49. The molecule has 0 saturated carbocycles. The largest absolute Gasteiger partial charge is 0.413 e. The van der Waals surface area contributed by atoms with Crippen molar-refractivity contribution in [1.29, 1.82) is 0 Å². The van der Waals surface area contributed by atoms with Crippen molar-refractivity contribution >= 4 is 22.9 Å². The standard InChI is InChI=1S/C22H23N3O3/c26-21(25-12-6-7-13-25)20(24-22(27)28-17-8-2-1-3-9-17)14-16-15-23-19-11-5-4-10-18(16)19/h1-5,8-11,15,20,23H,6-7,12-14H2,(H,24,27)/t20-/m1/s1. The normalized spacial score (nSPS) is 14.8. The molecule has 1 saturated heterocycles. The smallest absolute Gasteiger partial charge is 0.410 e. The van der Waals surface area contributed by atoms with Crippen molar-refractivity contribution in [2.24, 2.45) is 0 Å². The molecule has 1 aliphatic heterocycles. The van der Waals surface area contributed by atoms with E-state index in [9.17, 15) is 9.59 Å². The second kappa shape index (κ2) is 8.17. The lowest BCUT2D eigenvalue weighted by molar-refractivity contribution is -0.132. The van der Waals surface area contributed by atoms with Crippen LogP contribution in [0, 0.1) is 0 Å². The predicted octanol–water partition coefficient (Wildman–Crippen LogP) is 3.49. The zero-order valence-corrected chi connectivity index (χ0v) is 15.6. The number of ether oxygens (including phenoxy) is 1. The molecule has 6 nitrogen and oxygen atoms in total. The first kappa shape index (κ1) is 18.1. The van der Waals surface area contributed by atoms with Gasteiger partial charge in [-0.1, -0.05) is 36.4 Å². The van der Waals surface area contributed by atoms with Gasteiger partial charge in [0.25, 0.3) is 0 Å². The first-order valence-corrected chi connectivity index (χ1v) is 9.58. The molecule has 0 radical (unpaired) electrons. The fourth-order valence-electron chi connectivity index (χ4n) is 3.65. The number of benzene rings is 2. The van der Waals surface area contributed by atoms with E-state index < -0.39 is 12.1 Å². The summed E-state index contributed by atoms with van der Waals surface area (Å²) < 4.78 is 5.34. The van der Waals surface area contributed by atoms with E-state index in [-0.39, 0.29) is 5.91 Å². The van der Waals surface area contributed by atoms with Crippen molar-refractivity contribution in [3.8, 4) is 5.75 Å². The van der Waals surface area contributed by atoms with Crippen molar-refractivity contribution in [3.63, 3.8) is 0 Å². The maximum atomic E-state index is 13.0. The van der Waals surface area contributed by atoms with E-state index in [1.54, 1.807) is 24.3 Å². The van der Waals surface area contributed by atoms with Crippen LogP contribution in [0.25, 0.3) is 10.9 Å². The highest BCUT2D eigenvalue weighted by Crippen LogP contribution is 2.20. The van der Waals surface area contributed by atoms with Gasteiger partial charge in [-0.3, -0.25) is 4.79 Å². The zero-order chi connectivity index (χ0) is 19.3. The van der Waals surface area contributed by atoms with Gasteiger partial charge in [0.1, 0.15) is 11.8 Å². The van der Waals surface area contributed by atoms with E-state index in [1.165, 1.54) is 0 Å². The van der Waals surface area contributed by atoms with Gasteiger partial charge in [0.05, 0.1) is 0 Å². The third-order valence-corrected chi connectivity index (χ3v) is 5.06. The number of carbonyl (C=O) groups excluding carboxylic acids is 2. The van der Waals surface area contributed by atoms with Crippen molar-refractivity contribution in [1.82, 2.24) is 15.2 Å². The minimum atomic E-state index is -0.673. The van der Waals surface area contributed by atoms with Gasteiger partial charge < -0.3 is 19.9 Å². The molecule has 0 spiro atoms. The van der Waals surface area contributed by atoms with Gasteiger partial charge in [0, 0.05) is 36.6 Å². The summed E-state index contributed by atoms with van der Waals surface area (Å²) in [6.07, 6.45) is 3.69. The molecular weight excluding hydrogens is 354 g/mol. The lowest BCUT2D eigenvalue weighted by atomic mass is 10.0. The van der Waals surface area contributed by atoms with Gasteiger partial charge >= 0.3 is 6.09 Å². The van der Waals surface area contributed by atoms with E-state index in [1.807, 2.05) is 41.4 Å². The van der Waals surface area contributed by atoms with E-state index >= 15 is 0 Å². The third kappa shape index (κ3) is 4.01. The highest BCUT2D eigenvalue weighted by Gasteiger charge is 2.29. The maximum Gasteiger partial charge on any atom is 0.413 e. The van der Waals surface area contributed by atoms with E-state index in [0.29, 0.717) is 12.2 Å². The van der Waals surface area contributed by atoms with Gasteiger partial charge in [-0.2, -0.15) is 0 Å². The molecular formula is C22H23N3O3. The Morgan fingerprint density at radius 2 is 1.75 bits per heavy atom. The molecule has 0 aliphatic carbocycles. The first-order chi connectivity index (χ1) is 13.7. The molecule has 2 heterocycles. The molecule has 144 valence electrons. The predicted molar refractivity (Wildman–Crippen MR) is 107 cm³/mol. The second-order valence-electron chi connectivity index (χ2n) is 7.00. The highest BCUT2D eigenvalue weighted by molar-refractivity contribution is 5.88.